The fourth-order valence-corrected chi connectivity index (χ4v) is 3.09. The summed E-state index contributed by atoms with van der Waals surface area (Å²) in [7, 11) is 1.23. The van der Waals surface area contributed by atoms with Crippen LogP contribution in [0.15, 0.2) is 42.6 Å². The van der Waals surface area contributed by atoms with Crippen LogP contribution in [0.25, 0.3) is 0 Å². The molecule has 1 aromatic heterocycles. The van der Waals surface area contributed by atoms with Crippen molar-refractivity contribution in [3.05, 3.63) is 42.6 Å². The molecule has 0 radical (unpaired) electrons. The van der Waals surface area contributed by atoms with Crippen LogP contribution in [0.5, 0.6) is 0 Å². The van der Waals surface area contributed by atoms with E-state index in [1.54, 1.807) is 24.4 Å². The van der Waals surface area contributed by atoms with Gasteiger partial charge in [0.2, 0.25) is 0 Å². The molecule has 2 unspecified atom stereocenters. The Bertz CT molecular complexity index is 794. The SMILES string of the molecule is COC1(F)C=CC=CC1NC(=O)Nc1cccnc1N1CCN(C(=O)O)CC1. The van der Waals surface area contributed by atoms with Gasteiger partial charge in [0, 0.05) is 39.5 Å². The molecule has 0 bridgehead atoms. The van der Waals surface area contributed by atoms with Crippen LogP contribution in [0.1, 0.15) is 0 Å². The van der Waals surface area contributed by atoms with Gasteiger partial charge in [-0.1, -0.05) is 18.2 Å². The van der Waals surface area contributed by atoms with Crippen LogP contribution in [-0.4, -0.2) is 72.3 Å². The van der Waals surface area contributed by atoms with E-state index in [9.17, 15) is 14.0 Å². The number of rotatable bonds is 4. The lowest BCUT2D eigenvalue weighted by molar-refractivity contribution is -0.0926. The number of hydrogen-bond donors (Lipinski definition) is 3. The summed E-state index contributed by atoms with van der Waals surface area (Å²) in [5.41, 5.74) is 0.445. The molecule has 3 amide bonds. The third-order valence-electron chi connectivity index (χ3n) is 4.65. The number of piperazine rings is 1. The molecule has 9 nitrogen and oxygen atoms in total. The van der Waals surface area contributed by atoms with Crippen molar-refractivity contribution < 1.29 is 23.8 Å². The largest absolute Gasteiger partial charge is 0.465 e. The van der Waals surface area contributed by atoms with E-state index in [1.807, 2.05) is 4.90 Å². The quantitative estimate of drug-likeness (QED) is 0.723. The summed E-state index contributed by atoms with van der Waals surface area (Å²) in [4.78, 5) is 31.0. The molecular formula is C18H22FN5O4. The number of nitrogens with one attached hydrogen (secondary N) is 2. The highest BCUT2D eigenvalue weighted by Crippen LogP contribution is 2.26. The lowest BCUT2D eigenvalue weighted by Crippen LogP contribution is -2.51. The van der Waals surface area contributed by atoms with Gasteiger partial charge in [-0.05, 0) is 18.2 Å². The molecule has 0 spiro atoms. The second kappa shape index (κ2) is 8.26. The predicted molar refractivity (Wildman–Crippen MR) is 101 cm³/mol. The third-order valence-corrected chi connectivity index (χ3v) is 4.65. The van der Waals surface area contributed by atoms with Gasteiger partial charge in [-0.15, -0.1) is 0 Å². The van der Waals surface area contributed by atoms with Gasteiger partial charge in [0.25, 0.3) is 5.85 Å². The first-order valence-electron chi connectivity index (χ1n) is 8.78. The van der Waals surface area contributed by atoms with Gasteiger partial charge in [-0.2, -0.15) is 0 Å². The number of carbonyl (C=O) groups is 2. The number of urea groups is 1. The van der Waals surface area contributed by atoms with Gasteiger partial charge < -0.3 is 30.3 Å². The van der Waals surface area contributed by atoms with Crippen LogP contribution >= 0.6 is 0 Å². The number of ether oxygens (including phenoxy) is 1. The number of halogens is 1. The molecule has 0 aromatic carbocycles. The smallest absolute Gasteiger partial charge is 0.407 e. The number of amides is 3. The first-order valence-corrected chi connectivity index (χ1v) is 8.78. The average molecular weight is 391 g/mol. The fourth-order valence-electron chi connectivity index (χ4n) is 3.09. The highest BCUT2D eigenvalue weighted by atomic mass is 19.2. The van der Waals surface area contributed by atoms with E-state index < -0.39 is 24.0 Å². The molecule has 2 aliphatic rings. The molecule has 3 rings (SSSR count). The van der Waals surface area contributed by atoms with Crippen molar-refractivity contribution in [2.24, 2.45) is 0 Å². The Morgan fingerprint density at radius 1 is 1.32 bits per heavy atom. The van der Waals surface area contributed by atoms with E-state index in [0.717, 1.165) is 0 Å². The molecule has 1 aromatic rings. The van der Waals surface area contributed by atoms with Crippen molar-refractivity contribution >= 4 is 23.6 Å². The Kier molecular flexibility index (Phi) is 5.78. The van der Waals surface area contributed by atoms with E-state index in [2.05, 4.69) is 15.6 Å². The molecule has 2 heterocycles. The van der Waals surface area contributed by atoms with Crippen molar-refractivity contribution in [1.29, 1.82) is 0 Å². The number of hydrogen-bond acceptors (Lipinski definition) is 5. The van der Waals surface area contributed by atoms with Gasteiger partial charge >= 0.3 is 12.1 Å². The minimum absolute atomic E-state index is 0.342. The number of alkyl halides is 1. The zero-order valence-electron chi connectivity index (χ0n) is 15.3. The lowest BCUT2D eigenvalue weighted by atomic mass is 10.0. The van der Waals surface area contributed by atoms with Crippen molar-refractivity contribution in [2.75, 3.05) is 43.5 Å². The van der Waals surface area contributed by atoms with E-state index in [1.165, 1.54) is 30.2 Å². The monoisotopic (exact) mass is 391 g/mol. The number of carbonyl (C=O) groups excluding carboxylic acids is 1. The molecule has 28 heavy (non-hydrogen) atoms. The minimum atomic E-state index is -2.13. The average Bonchev–Trinajstić information content (AvgIpc) is 2.70. The van der Waals surface area contributed by atoms with E-state index in [4.69, 9.17) is 9.84 Å². The van der Waals surface area contributed by atoms with Crippen LogP contribution in [0.4, 0.5) is 25.5 Å². The molecular weight excluding hydrogens is 369 g/mol. The lowest BCUT2D eigenvalue weighted by Gasteiger charge is -2.34. The maximum Gasteiger partial charge on any atom is 0.407 e. The molecule has 1 saturated heterocycles. The number of anilines is 2. The third kappa shape index (κ3) is 4.22. The van der Waals surface area contributed by atoms with Crippen LogP contribution in [-0.2, 0) is 4.74 Å². The second-order valence-corrected chi connectivity index (χ2v) is 6.35. The fraction of sp³-hybridized carbons (Fsp3) is 0.389. The zero-order chi connectivity index (χ0) is 20.1. The van der Waals surface area contributed by atoms with Crippen molar-refractivity contribution in [2.45, 2.75) is 11.9 Å². The summed E-state index contributed by atoms with van der Waals surface area (Å²) in [6.07, 6.45) is 6.50. The van der Waals surface area contributed by atoms with Crippen LogP contribution in [0, 0.1) is 0 Å². The molecule has 1 aliphatic heterocycles. The zero-order valence-corrected chi connectivity index (χ0v) is 15.3. The van der Waals surface area contributed by atoms with Crippen LogP contribution in [0.2, 0.25) is 0 Å². The maximum atomic E-state index is 14.7. The van der Waals surface area contributed by atoms with Crippen molar-refractivity contribution in [3.63, 3.8) is 0 Å². The Morgan fingerprint density at radius 2 is 2.07 bits per heavy atom. The summed E-state index contributed by atoms with van der Waals surface area (Å²) >= 11 is 0. The number of allylic oxidation sites excluding steroid dienone is 2. The predicted octanol–water partition coefficient (Wildman–Crippen LogP) is 1.81. The summed E-state index contributed by atoms with van der Waals surface area (Å²) in [6, 6.07) is 1.76. The summed E-state index contributed by atoms with van der Waals surface area (Å²) in [5, 5.41) is 14.3. The van der Waals surface area contributed by atoms with Crippen molar-refractivity contribution in [3.8, 4) is 0 Å². The molecule has 0 saturated carbocycles. The Morgan fingerprint density at radius 3 is 2.75 bits per heavy atom. The van der Waals surface area contributed by atoms with Gasteiger partial charge in [0.05, 0.1) is 5.69 Å². The normalized spacial score (nSPS) is 24.1. The van der Waals surface area contributed by atoms with Gasteiger partial charge in [-0.25, -0.2) is 19.0 Å². The first-order chi connectivity index (χ1) is 13.4. The van der Waals surface area contributed by atoms with E-state index >= 15 is 0 Å². The van der Waals surface area contributed by atoms with E-state index in [-0.39, 0.29) is 0 Å². The first kappa shape index (κ1) is 19.6. The highest BCUT2D eigenvalue weighted by molar-refractivity contribution is 5.92. The number of aromatic nitrogens is 1. The Hall–Kier alpha value is -3.14. The number of carboxylic acid groups (broad SMARTS) is 1. The summed E-state index contributed by atoms with van der Waals surface area (Å²) in [5.74, 6) is -1.60. The number of methoxy groups -OCH3 is 1. The number of pyridine rings is 1. The van der Waals surface area contributed by atoms with Crippen molar-refractivity contribution in [1.82, 2.24) is 15.2 Å². The van der Waals surface area contributed by atoms with Crippen LogP contribution in [0.3, 0.4) is 0 Å². The van der Waals surface area contributed by atoms with Gasteiger partial charge in [-0.3, -0.25) is 0 Å². The highest BCUT2D eigenvalue weighted by Gasteiger charge is 2.37. The second-order valence-electron chi connectivity index (χ2n) is 6.35. The molecule has 10 heteroatoms. The number of nitrogens with zero attached hydrogens (tertiary/aromatic N) is 3. The summed E-state index contributed by atoms with van der Waals surface area (Å²) < 4.78 is 19.5. The molecule has 1 fully saturated rings. The van der Waals surface area contributed by atoms with Gasteiger partial charge in [0.15, 0.2) is 5.82 Å². The molecule has 3 N–H and O–H groups in total. The van der Waals surface area contributed by atoms with Crippen LogP contribution < -0.4 is 15.5 Å². The standard InChI is InChI=1S/C18H22FN5O4/c1-28-18(19)7-3-2-6-14(18)22-16(25)21-13-5-4-8-20-15(13)23-9-11-24(12-10-23)17(26)27/h2-8,14H,9-12H2,1H3,(H,26,27)(H2,21,22,25). The van der Waals surface area contributed by atoms with Gasteiger partial charge in [0.1, 0.15) is 6.04 Å². The topological polar surface area (TPSA) is 107 Å². The summed E-state index contributed by atoms with van der Waals surface area (Å²) in [6.45, 7) is 1.59. The molecule has 2 atom stereocenters. The Labute approximate surface area is 161 Å². The Balaban J connectivity index is 1.67. The minimum Gasteiger partial charge on any atom is -0.465 e. The van der Waals surface area contributed by atoms with E-state index in [0.29, 0.717) is 37.7 Å². The molecule has 1 aliphatic carbocycles. The molecule has 150 valence electrons. The maximum absolute atomic E-state index is 14.7.